The van der Waals surface area contributed by atoms with E-state index in [1.54, 1.807) is 11.8 Å². The molecule has 1 rings (SSSR count). The number of thioether (sulfide) groups is 1. The van der Waals surface area contributed by atoms with Crippen LogP contribution >= 0.6 is 11.8 Å². The molecule has 0 aliphatic rings. The second kappa shape index (κ2) is 4.17. The van der Waals surface area contributed by atoms with Crippen molar-refractivity contribution < 1.29 is 4.57 Å². The van der Waals surface area contributed by atoms with Gasteiger partial charge in [-0.15, -0.1) is 11.8 Å². The molecule has 1 aromatic rings. The van der Waals surface area contributed by atoms with Gasteiger partial charge in [0, 0.05) is 6.92 Å². The molecule has 0 bridgehead atoms. The number of aromatic nitrogens is 2. The maximum atomic E-state index is 8.50. The molecule has 0 N–H and O–H groups in total. The molecule has 12 heavy (non-hydrogen) atoms. The highest BCUT2D eigenvalue weighted by Crippen LogP contribution is 1.96. The highest BCUT2D eigenvalue weighted by molar-refractivity contribution is 7.97. The van der Waals surface area contributed by atoms with Gasteiger partial charge in [0.05, 0.1) is 0 Å². The average molecular weight is 182 g/mol. The summed E-state index contributed by atoms with van der Waals surface area (Å²) in [6.07, 6.45) is 6.01. The number of hydrogen-bond acceptors (Lipinski definition) is 2. The van der Waals surface area contributed by atoms with Gasteiger partial charge < -0.3 is 0 Å². The SMILES string of the molecule is CSC[n+]1ccn(CC#N)c1C. The van der Waals surface area contributed by atoms with E-state index in [0.29, 0.717) is 6.54 Å². The molecule has 0 saturated carbocycles. The van der Waals surface area contributed by atoms with Crippen LogP contribution in [0.25, 0.3) is 0 Å². The molecule has 0 spiro atoms. The summed E-state index contributed by atoms with van der Waals surface area (Å²) in [7, 11) is 0. The van der Waals surface area contributed by atoms with Crippen molar-refractivity contribution >= 4 is 11.8 Å². The van der Waals surface area contributed by atoms with Crippen molar-refractivity contribution in [2.75, 3.05) is 6.26 Å². The van der Waals surface area contributed by atoms with Crippen LogP contribution in [0.3, 0.4) is 0 Å². The smallest absolute Gasteiger partial charge is 0.225 e. The van der Waals surface area contributed by atoms with Crippen molar-refractivity contribution in [1.82, 2.24) is 4.57 Å². The number of imidazole rings is 1. The molecule has 1 heterocycles. The number of nitriles is 1. The van der Waals surface area contributed by atoms with Gasteiger partial charge in [0.1, 0.15) is 24.3 Å². The number of nitrogens with zero attached hydrogens (tertiary/aromatic N) is 3. The topological polar surface area (TPSA) is 32.6 Å². The molecule has 0 unspecified atom stereocenters. The van der Waals surface area contributed by atoms with E-state index in [0.717, 1.165) is 11.7 Å². The van der Waals surface area contributed by atoms with Gasteiger partial charge >= 0.3 is 0 Å². The highest BCUT2D eigenvalue weighted by Gasteiger charge is 2.09. The van der Waals surface area contributed by atoms with Crippen LogP contribution in [0.5, 0.6) is 0 Å². The first kappa shape index (κ1) is 9.14. The van der Waals surface area contributed by atoms with E-state index < -0.39 is 0 Å². The fourth-order valence-corrected chi connectivity index (χ4v) is 1.61. The summed E-state index contributed by atoms with van der Waals surface area (Å²) < 4.78 is 4.07. The van der Waals surface area contributed by atoms with Gasteiger partial charge in [0.25, 0.3) is 5.82 Å². The Morgan fingerprint density at radius 3 is 3.08 bits per heavy atom. The van der Waals surface area contributed by atoms with Crippen LogP contribution in [0.15, 0.2) is 12.4 Å². The molecule has 3 nitrogen and oxygen atoms in total. The normalized spacial score (nSPS) is 9.75. The van der Waals surface area contributed by atoms with Crippen LogP contribution in [-0.4, -0.2) is 10.8 Å². The van der Waals surface area contributed by atoms with E-state index in [-0.39, 0.29) is 0 Å². The van der Waals surface area contributed by atoms with Crippen LogP contribution in [0.2, 0.25) is 0 Å². The lowest BCUT2D eigenvalue weighted by atomic mass is 10.6. The van der Waals surface area contributed by atoms with Crippen molar-refractivity contribution in [3.8, 4) is 6.07 Å². The summed E-state index contributed by atoms with van der Waals surface area (Å²) in [6.45, 7) is 2.46. The lowest BCUT2D eigenvalue weighted by molar-refractivity contribution is -0.681. The second-order valence-corrected chi connectivity index (χ2v) is 3.35. The van der Waals surface area contributed by atoms with E-state index in [2.05, 4.69) is 16.9 Å². The number of rotatable bonds is 3. The largest absolute Gasteiger partial charge is 0.254 e. The fraction of sp³-hybridized carbons (Fsp3) is 0.500. The van der Waals surface area contributed by atoms with E-state index in [9.17, 15) is 0 Å². The Kier molecular flexibility index (Phi) is 3.18. The van der Waals surface area contributed by atoms with Crippen molar-refractivity contribution in [3.05, 3.63) is 18.2 Å². The van der Waals surface area contributed by atoms with Gasteiger partial charge in [-0.1, -0.05) is 0 Å². The third-order valence-corrected chi connectivity index (χ3v) is 2.30. The van der Waals surface area contributed by atoms with Gasteiger partial charge in [-0.3, -0.25) is 0 Å². The van der Waals surface area contributed by atoms with Gasteiger partial charge in [-0.05, 0) is 6.26 Å². The molecule has 0 saturated heterocycles. The average Bonchev–Trinajstić information content (AvgIpc) is 2.38. The Morgan fingerprint density at radius 1 is 1.75 bits per heavy atom. The molecule has 0 aromatic carbocycles. The first-order chi connectivity index (χ1) is 5.79. The Morgan fingerprint density at radius 2 is 2.50 bits per heavy atom. The maximum Gasteiger partial charge on any atom is 0.254 e. The van der Waals surface area contributed by atoms with Crippen LogP contribution in [0.4, 0.5) is 0 Å². The molecule has 0 radical (unpaired) electrons. The zero-order valence-electron chi connectivity index (χ0n) is 7.32. The third-order valence-electron chi connectivity index (χ3n) is 1.77. The molecule has 4 heteroatoms. The standard InChI is InChI=1S/C8H12N3S/c1-8-10(4-3-9)5-6-11(8)7-12-2/h5-6H,4,7H2,1-2H3/q+1. The minimum Gasteiger partial charge on any atom is -0.225 e. The van der Waals surface area contributed by atoms with Gasteiger partial charge in [0.15, 0.2) is 6.54 Å². The quantitative estimate of drug-likeness (QED) is 0.651. The Balaban J connectivity index is 2.82. The van der Waals surface area contributed by atoms with E-state index in [4.69, 9.17) is 5.26 Å². The van der Waals surface area contributed by atoms with Gasteiger partial charge in [0.2, 0.25) is 0 Å². The molecule has 1 aromatic heterocycles. The predicted octanol–water partition coefficient (Wildman–Crippen LogP) is 0.928. The summed E-state index contributed by atoms with van der Waals surface area (Å²) in [6, 6.07) is 2.12. The van der Waals surface area contributed by atoms with Crippen molar-refractivity contribution in [2.45, 2.75) is 19.3 Å². The lowest BCUT2D eigenvalue weighted by Crippen LogP contribution is -2.33. The summed E-state index contributed by atoms with van der Waals surface area (Å²) in [4.78, 5) is 0. The molecule has 64 valence electrons. The molecular weight excluding hydrogens is 170 g/mol. The minimum atomic E-state index is 0.438. The zero-order valence-corrected chi connectivity index (χ0v) is 8.14. The number of hydrogen-bond donors (Lipinski definition) is 0. The van der Waals surface area contributed by atoms with Gasteiger partial charge in [-0.25, -0.2) is 9.13 Å². The summed E-state index contributed by atoms with van der Waals surface area (Å²) in [5.41, 5.74) is 0. The van der Waals surface area contributed by atoms with Crippen molar-refractivity contribution in [1.29, 1.82) is 5.26 Å². The predicted molar refractivity (Wildman–Crippen MR) is 48.5 cm³/mol. The fourth-order valence-electron chi connectivity index (χ4n) is 1.06. The van der Waals surface area contributed by atoms with E-state index in [1.165, 1.54) is 0 Å². The molecule has 0 amide bonds. The first-order valence-corrected chi connectivity index (χ1v) is 5.10. The maximum absolute atomic E-state index is 8.50. The zero-order chi connectivity index (χ0) is 8.97. The lowest BCUT2D eigenvalue weighted by Gasteiger charge is -1.94. The second-order valence-electron chi connectivity index (χ2n) is 2.52. The van der Waals surface area contributed by atoms with Crippen LogP contribution in [0, 0.1) is 18.3 Å². The first-order valence-electron chi connectivity index (χ1n) is 3.70. The highest BCUT2D eigenvalue weighted by atomic mass is 32.2. The molecule has 0 atom stereocenters. The molecular formula is C8H12N3S+. The van der Waals surface area contributed by atoms with Crippen LogP contribution in [0.1, 0.15) is 5.82 Å². The van der Waals surface area contributed by atoms with Crippen molar-refractivity contribution in [2.24, 2.45) is 0 Å². The molecule has 0 aliphatic carbocycles. The minimum absolute atomic E-state index is 0.438. The summed E-state index contributed by atoms with van der Waals surface area (Å²) in [5.74, 6) is 2.08. The van der Waals surface area contributed by atoms with Gasteiger partial charge in [-0.2, -0.15) is 5.26 Å². The molecule has 0 fully saturated rings. The van der Waals surface area contributed by atoms with Crippen molar-refractivity contribution in [3.63, 3.8) is 0 Å². The van der Waals surface area contributed by atoms with E-state index >= 15 is 0 Å². The molecule has 0 aliphatic heterocycles. The van der Waals surface area contributed by atoms with E-state index in [1.807, 2.05) is 23.9 Å². The van der Waals surface area contributed by atoms with Crippen LogP contribution in [-0.2, 0) is 12.4 Å². The Hall–Kier alpha value is -0.950. The third kappa shape index (κ3) is 1.80. The van der Waals surface area contributed by atoms with Crippen LogP contribution < -0.4 is 4.57 Å². The summed E-state index contributed by atoms with van der Waals surface area (Å²) >= 11 is 1.77. The monoisotopic (exact) mass is 182 g/mol. The summed E-state index contributed by atoms with van der Waals surface area (Å²) in [5, 5.41) is 8.50. The Labute approximate surface area is 76.6 Å². The Bertz CT molecular complexity index is 298.